The van der Waals surface area contributed by atoms with Gasteiger partial charge in [-0.05, 0) is 42.5 Å². The molecule has 0 saturated carbocycles. The molecular weight excluding hydrogens is 324 g/mol. The quantitative estimate of drug-likeness (QED) is 0.923. The highest BCUT2D eigenvalue weighted by molar-refractivity contribution is 7.84. The second-order valence-corrected chi connectivity index (χ2v) is 7.62. The highest BCUT2D eigenvalue weighted by Crippen LogP contribution is 2.22. The van der Waals surface area contributed by atoms with Gasteiger partial charge in [0, 0.05) is 54.0 Å². The monoisotopic (exact) mass is 346 g/mol. The van der Waals surface area contributed by atoms with E-state index in [0.29, 0.717) is 16.5 Å². The van der Waals surface area contributed by atoms with Crippen molar-refractivity contribution in [3.05, 3.63) is 42.2 Å². The molecule has 7 heteroatoms. The number of nitrogens with zero attached hydrogens (tertiary/aromatic N) is 3. The Kier molecular flexibility index (Phi) is 4.99. The lowest BCUT2D eigenvalue weighted by molar-refractivity contribution is 0.221. The molecule has 2 atom stereocenters. The molecule has 0 unspecified atom stereocenters. The number of hydrogen-bond acceptors (Lipinski definition) is 3. The Bertz CT molecular complexity index is 759. The van der Waals surface area contributed by atoms with E-state index < -0.39 is 10.8 Å². The molecule has 6 nitrogen and oxygen atoms in total. The zero-order chi connectivity index (χ0) is 17.1. The van der Waals surface area contributed by atoms with E-state index in [4.69, 9.17) is 0 Å². The van der Waals surface area contributed by atoms with Crippen LogP contribution >= 0.6 is 0 Å². The van der Waals surface area contributed by atoms with E-state index >= 15 is 0 Å². The van der Waals surface area contributed by atoms with Crippen LogP contribution in [0.1, 0.15) is 12.0 Å². The molecule has 0 spiro atoms. The zero-order valence-corrected chi connectivity index (χ0v) is 14.8. The molecule has 1 aliphatic rings. The molecule has 24 heavy (non-hydrogen) atoms. The number of nitrogens with one attached hydrogen (secondary N) is 1. The maximum Gasteiger partial charge on any atom is 0.321 e. The normalized spacial score (nSPS) is 18.6. The van der Waals surface area contributed by atoms with Crippen LogP contribution in [0.2, 0.25) is 0 Å². The van der Waals surface area contributed by atoms with E-state index in [-0.39, 0.29) is 6.03 Å². The average Bonchev–Trinajstić information content (AvgIpc) is 3.17. The molecule has 3 rings (SSSR count). The number of hydrogen-bond donors (Lipinski definition) is 1. The Morgan fingerprint density at radius 3 is 3.00 bits per heavy atom. The fraction of sp³-hybridized carbons (Fsp3) is 0.412. The number of aromatic nitrogens is 2. The second-order valence-electron chi connectivity index (χ2n) is 6.24. The summed E-state index contributed by atoms with van der Waals surface area (Å²) in [7, 11) is 0.857. The first kappa shape index (κ1) is 16.7. The summed E-state index contributed by atoms with van der Waals surface area (Å²) in [4.78, 5) is 15.0. The van der Waals surface area contributed by atoms with Crippen LogP contribution in [0.25, 0.3) is 0 Å². The summed E-state index contributed by atoms with van der Waals surface area (Å²) in [5.41, 5.74) is 1.89. The first-order valence-corrected chi connectivity index (χ1v) is 9.54. The third-order valence-electron chi connectivity index (χ3n) is 4.27. The number of anilines is 1. The molecule has 0 radical (unpaired) electrons. The first-order chi connectivity index (χ1) is 11.5. The number of urea groups is 1. The van der Waals surface area contributed by atoms with Gasteiger partial charge in [0.25, 0.3) is 0 Å². The molecule has 0 bridgehead atoms. The smallest absolute Gasteiger partial charge is 0.321 e. The molecule has 2 amide bonds. The third kappa shape index (κ3) is 4.03. The molecular formula is C17H22N4O2S. The summed E-state index contributed by atoms with van der Waals surface area (Å²) in [6.07, 6.45) is 7.49. The minimum atomic E-state index is -1.06. The minimum Gasteiger partial charge on any atom is -0.324 e. The van der Waals surface area contributed by atoms with Gasteiger partial charge in [0.2, 0.25) is 0 Å². The van der Waals surface area contributed by atoms with Gasteiger partial charge >= 0.3 is 6.03 Å². The minimum absolute atomic E-state index is 0.0947. The third-order valence-corrected chi connectivity index (χ3v) is 5.19. The van der Waals surface area contributed by atoms with Crippen LogP contribution in [-0.2, 0) is 24.3 Å². The van der Waals surface area contributed by atoms with Crippen molar-refractivity contribution in [2.75, 3.05) is 24.7 Å². The van der Waals surface area contributed by atoms with E-state index in [1.54, 1.807) is 23.1 Å². The topological polar surface area (TPSA) is 67.2 Å². The number of rotatable bonds is 4. The summed E-state index contributed by atoms with van der Waals surface area (Å²) in [5.74, 6) is 0.467. The molecule has 1 saturated heterocycles. The predicted molar refractivity (Wildman–Crippen MR) is 94.4 cm³/mol. The fourth-order valence-corrected chi connectivity index (χ4v) is 3.61. The van der Waals surface area contributed by atoms with Gasteiger partial charge in [-0.2, -0.15) is 5.10 Å². The summed E-state index contributed by atoms with van der Waals surface area (Å²) in [5, 5.41) is 7.09. The number of benzene rings is 1. The van der Waals surface area contributed by atoms with Gasteiger partial charge in [-0.25, -0.2) is 4.79 Å². The van der Waals surface area contributed by atoms with Crippen LogP contribution in [-0.4, -0.2) is 44.3 Å². The molecule has 1 aromatic heterocycles. The van der Waals surface area contributed by atoms with E-state index in [0.717, 1.165) is 25.9 Å². The highest BCUT2D eigenvalue weighted by atomic mass is 32.2. The first-order valence-electron chi connectivity index (χ1n) is 7.98. The predicted octanol–water partition coefficient (Wildman–Crippen LogP) is 2.25. The maximum absolute atomic E-state index is 12.4. The number of amides is 2. The lowest BCUT2D eigenvalue weighted by Gasteiger charge is -2.17. The molecule has 1 N–H and O–H groups in total. The Labute approximate surface area is 144 Å². The van der Waals surface area contributed by atoms with Crippen molar-refractivity contribution in [2.24, 2.45) is 13.0 Å². The summed E-state index contributed by atoms with van der Waals surface area (Å²) < 4.78 is 13.3. The number of carbonyl (C=O) groups excluding carboxylic acids is 1. The Morgan fingerprint density at radius 2 is 2.29 bits per heavy atom. The molecule has 1 fully saturated rings. The van der Waals surface area contributed by atoms with Gasteiger partial charge < -0.3 is 10.2 Å². The SMILES string of the molecule is Cn1cc(C[C@@H]2CCN(C(=O)Nc3cccc([S@@](C)=O)c3)C2)cn1. The van der Waals surface area contributed by atoms with E-state index in [1.165, 1.54) is 5.56 Å². The van der Waals surface area contributed by atoms with E-state index in [1.807, 2.05) is 36.5 Å². The summed E-state index contributed by atoms with van der Waals surface area (Å²) in [6.45, 7) is 1.51. The largest absolute Gasteiger partial charge is 0.324 e. The fourth-order valence-electron chi connectivity index (χ4n) is 3.05. The number of carbonyl (C=O) groups is 1. The van der Waals surface area contributed by atoms with Crippen molar-refractivity contribution in [3.63, 3.8) is 0 Å². The molecule has 0 aliphatic carbocycles. The van der Waals surface area contributed by atoms with E-state index in [2.05, 4.69) is 10.4 Å². The molecule has 2 aromatic rings. The van der Waals surface area contributed by atoms with Crippen molar-refractivity contribution in [3.8, 4) is 0 Å². The Morgan fingerprint density at radius 1 is 1.46 bits per heavy atom. The van der Waals surface area contributed by atoms with Crippen LogP contribution in [0.4, 0.5) is 10.5 Å². The lowest BCUT2D eigenvalue weighted by Crippen LogP contribution is -2.33. The van der Waals surface area contributed by atoms with Gasteiger partial charge in [-0.3, -0.25) is 8.89 Å². The van der Waals surface area contributed by atoms with Gasteiger partial charge in [-0.1, -0.05) is 6.07 Å². The van der Waals surface area contributed by atoms with Crippen molar-refractivity contribution in [1.82, 2.24) is 14.7 Å². The van der Waals surface area contributed by atoms with Crippen LogP contribution in [0.3, 0.4) is 0 Å². The second kappa shape index (κ2) is 7.17. The standard InChI is InChI=1S/C17H22N4O2S/c1-20-11-14(10-18-20)8-13-6-7-21(12-13)17(22)19-15-4-3-5-16(9-15)24(2)23/h3-5,9-11,13H,6-8,12H2,1-2H3,(H,19,22)/t13-,24+/m0/s1. The maximum atomic E-state index is 12.4. The van der Waals surface area contributed by atoms with Gasteiger partial charge in [-0.15, -0.1) is 0 Å². The Hall–Kier alpha value is -2.15. The van der Waals surface area contributed by atoms with Crippen LogP contribution < -0.4 is 5.32 Å². The van der Waals surface area contributed by atoms with Crippen molar-refractivity contribution in [2.45, 2.75) is 17.7 Å². The molecule has 128 valence electrons. The van der Waals surface area contributed by atoms with E-state index in [9.17, 15) is 9.00 Å². The number of likely N-dealkylation sites (tertiary alicyclic amines) is 1. The van der Waals surface area contributed by atoms with Crippen LogP contribution in [0.15, 0.2) is 41.6 Å². The van der Waals surface area contributed by atoms with Crippen molar-refractivity contribution in [1.29, 1.82) is 0 Å². The highest BCUT2D eigenvalue weighted by Gasteiger charge is 2.26. The zero-order valence-electron chi connectivity index (χ0n) is 13.9. The van der Waals surface area contributed by atoms with Gasteiger partial charge in [0.05, 0.1) is 6.20 Å². The number of aryl methyl sites for hydroxylation is 1. The van der Waals surface area contributed by atoms with Crippen LogP contribution in [0, 0.1) is 5.92 Å². The molecule has 2 heterocycles. The molecule has 1 aromatic carbocycles. The lowest BCUT2D eigenvalue weighted by atomic mass is 10.0. The van der Waals surface area contributed by atoms with Crippen molar-refractivity contribution < 1.29 is 9.00 Å². The Balaban J connectivity index is 1.56. The van der Waals surface area contributed by atoms with Crippen molar-refractivity contribution >= 4 is 22.5 Å². The molecule has 1 aliphatic heterocycles. The van der Waals surface area contributed by atoms with Crippen LogP contribution in [0.5, 0.6) is 0 Å². The average molecular weight is 346 g/mol. The summed E-state index contributed by atoms with van der Waals surface area (Å²) >= 11 is 0. The van der Waals surface area contributed by atoms with Gasteiger partial charge in [0.1, 0.15) is 0 Å². The van der Waals surface area contributed by atoms with Gasteiger partial charge in [0.15, 0.2) is 0 Å². The summed E-state index contributed by atoms with van der Waals surface area (Å²) in [6, 6.07) is 7.09.